The van der Waals surface area contributed by atoms with Crippen LogP contribution in [0.3, 0.4) is 0 Å². The summed E-state index contributed by atoms with van der Waals surface area (Å²) in [6.45, 7) is 6.56. The monoisotopic (exact) mass is 245 g/mol. The zero-order chi connectivity index (χ0) is 11.4. The van der Waals surface area contributed by atoms with Crippen LogP contribution in [0.1, 0.15) is 27.2 Å². The first-order chi connectivity index (χ1) is 6.99. The first-order valence-electron chi connectivity index (χ1n) is 5.20. The molecule has 1 aromatic carbocycles. The molecule has 0 aliphatic carbocycles. The van der Waals surface area contributed by atoms with Crippen molar-refractivity contribution in [2.75, 3.05) is 5.32 Å². The molecule has 0 bridgehead atoms. The minimum Gasteiger partial charge on any atom is -0.381 e. The molecule has 0 aromatic heterocycles. The van der Waals surface area contributed by atoms with Gasteiger partial charge in [0.1, 0.15) is 0 Å². The fraction of sp³-hybridized carbons (Fsp3) is 0.500. The third-order valence-corrected chi connectivity index (χ3v) is 2.72. The van der Waals surface area contributed by atoms with Crippen LogP contribution in [-0.2, 0) is 0 Å². The summed E-state index contributed by atoms with van der Waals surface area (Å²) in [5.74, 6) is 0.672. The van der Waals surface area contributed by atoms with Crippen molar-refractivity contribution in [1.29, 1.82) is 0 Å². The molecule has 0 saturated heterocycles. The van der Waals surface area contributed by atoms with Crippen molar-refractivity contribution in [2.24, 2.45) is 5.92 Å². The Bertz CT molecular complexity index is 323. The molecule has 1 aromatic rings. The third-order valence-electron chi connectivity index (χ3n) is 2.16. The lowest BCUT2D eigenvalue weighted by Crippen LogP contribution is -2.17. The third kappa shape index (κ3) is 4.31. The van der Waals surface area contributed by atoms with Crippen LogP contribution in [0.15, 0.2) is 18.2 Å². The van der Waals surface area contributed by atoms with Crippen LogP contribution in [0.2, 0.25) is 10.0 Å². The number of benzene rings is 1. The molecule has 1 unspecified atom stereocenters. The van der Waals surface area contributed by atoms with Crippen molar-refractivity contribution >= 4 is 28.9 Å². The number of rotatable bonds is 4. The first-order valence-corrected chi connectivity index (χ1v) is 5.96. The van der Waals surface area contributed by atoms with Gasteiger partial charge in [0.2, 0.25) is 0 Å². The van der Waals surface area contributed by atoms with Gasteiger partial charge in [-0.05, 0) is 37.5 Å². The van der Waals surface area contributed by atoms with Gasteiger partial charge in [0.05, 0.1) is 10.7 Å². The van der Waals surface area contributed by atoms with Gasteiger partial charge < -0.3 is 5.32 Å². The number of halogens is 2. The molecule has 15 heavy (non-hydrogen) atoms. The number of hydrogen-bond acceptors (Lipinski definition) is 1. The standard InChI is InChI=1S/C12H17Cl2N/c1-8(2)6-9(3)15-12-7-10(13)4-5-11(12)14/h4-5,7-9,15H,6H2,1-3H3. The summed E-state index contributed by atoms with van der Waals surface area (Å²) in [6.07, 6.45) is 1.11. The Morgan fingerprint density at radius 2 is 1.87 bits per heavy atom. The van der Waals surface area contributed by atoms with E-state index in [1.165, 1.54) is 0 Å². The van der Waals surface area contributed by atoms with Gasteiger partial charge in [-0.25, -0.2) is 0 Å². The van der Waals surface area contributed by atoms with Crippen LogP contribution >= 0.6 is 23.2 Å². The fourth-order valence-corrected chi connectivity index (χ4v) is 1.98. The predicted octanol–water partition coefficient (Wildman–Crippen LogP) is 4.84. The van der Waals surface area contributed by atoms with Crippen LogP contribution < -0.4 is 5.32 Å². The van der Waals surface area contributed by atoms with Gasteiger partial charge in [-0.1, -0.05) is 37.0 Å². The van der Waals surface area contributed by atoms with Crippen LogP contribution in [0.25, 0.3) is 0 Å². The molecule has 0 aliphatic heterocycles. The second-order valence-corrected chi connectivity index (χ2v) is 5.14. The highest BCUT2D eigenvalue weighted by atomic mass is 35.5. The normalized spacial score (nSPS) is 12.9. The summed E-state index contributed by atoms with van der Waals surface area (Å²) in [5, 5.41) is 4.79. The summed E-state index contributed by atoms with van der Waals surface area (Å²) in [4.78, 5) is 0. The van der Waals surface area contributed by atoms with Crippen LogP contribution in [0, 0.1) is 5.92 Å². The van der Waals surface area contributed by atoms with E-state index >= 15 is 0 Å². The molecule has 84 valence electrons. The second kappa shape index (κ2) is 5.62. The van der Waals surface area contributed by atoms with E-state index in [1.54, 1.807) is 6.07 Å². The molecule has 3 heteroatoms. The highest BCUT2D eigenvalue weighted by Gasteiger charge is 2.07. The molecule has 0 fully saturated rings. The Kier molecular flexibility index (Phi) is 4.75. The Hall–Kier alpha value is -0.400. The van der Waals surface area contributed by atoms with Crippen molar-refractivity contribution in [3.63, 3.8) is 0 Å². The topological polar surface area (TPSA) is 12.0 Å². The molecular weight excluding hydrogens is 229 g/mol. The largest absolute Gasteiger partial charge is 0.381 e. The summed E-state index contributed by atoms with van der Waals surface area (Å²) < 4.78 is 0. The highest BCUT2D eigenvalue weighted by Crippen LogP contribution is 2.26. The van der Waals surface area contributed by atoms with Gasteiger partial charge in [-0.2, -0.15) is 0 Å². The Labute approximate surface area is 102 Å². The van der Waals surface area contributed by atoms with Gasteiger partial charge in [0.25, 0.3) is 0 Å². The summed E-state index contributed by atoms with van der Waals surface area (Å²) in [7, 11) is 0. The smallest absolute Gasteiger partial charge is 0.0638 e. The molecule has 1 rings (SSSR count). The van der Waals surface area contributed by atoms with Crippen LogP contribution in [0.5, 0.6) is 0 Å². The lowest BCUT2D eigenvalue weighted by molar-refractivity contribution is 0.540. The van der Waals surface area contributed by atoms with E-state index in [0.717, 1.165) is 17.1 Å². The maximum atomic E-state index is 6.06. The Balaban J connectivity index is 2.67. The van der Waals surface area contributed by atoms with Gasteiger partial charge in [0.15, 0.2) is 0 Å². The zero-order valence-corrected chi connectivity index (χ0v) is 10.9. The number of hydrogen-bond donors (Lipinski definition) is 1. The van der Waals surface area contributed by atoms with Crippen LogP contribution in [-0.4, -0.2) is 6.04 Å². The molecule has 1 nitrogen and oxygen atoms in total. The molecule has 0 radical (unpaired) electrons. The van der Waals surface area contributed by atoms with E-state index in [-0.39, 0.29) is 0 Å². The van der Waals surface area contributed by atoms with Gasteiger partial charge in [-0.3, -0.25) is 0 Å². The van der Waals surface area contributed by atoms with Crippen molar-refractivity contribution < 1.29 is 0 Å². The molecule has 0 heterocycles. The van der Waals surface area contributed by atoms with Crippen molar-refractivity contribution in [1.82, 2.24) is 0 Å². The van der Waals surface area contributed by atoms with E-state index in [1.807, 2.05) is 12.1 Å². The highest BCUT2D eigenvalue weighted by molar-refractivity contribution is 6.35. The lowest BCUT2D eigenvalue weighted by atomic mass is 10.1. The second-order valence-electron chi connectivity index (χ2n) is 4.30. The van der Waals surface area contributed by atoms with E-state index in [0.29, 0.717) is 17.0 Å². The van der Waals surface area contributed by atoms with Crippen molar-refractivity contribution in [2.45, 2.75) is 33.2 Å². The molecule has 1 N–H and O–H groups in total. The maximum Gasteiger partial charge on any atom is 0.0638 e. The number of anilines is 1. The van der Waals surface area contributed by atoms with Gasteiger partial charge in [0, 0.05) is 11.1 Å². The van der Waals surface area contributed by atoms with E-state index in [9.17, 15) is 0 Å². The predicted molar refractivity (Wildman–Crippen MR) is 69.0 cm³/mol. The van der Waals surface area contributed by atoms with Crippen molar-refractivity contribution in [3.05, 3.63) is 28.2 Å². The first kappa shape index (κ1) is 12.7. The molecule has 0 aliphatic rings. The zero-order valence-electron chi connectivity index (χ0n) is 9.35. The van der Waals surface area contributed by atoms with E-state index < -0.39 is 0 Å². The summed E-state index contributed by atoms with van der Waals surface area (Å²) >= 11 is 12.0. The lowest BCUT2D eigenvalue weighted by Gasteiger charge is -2.18. The quantitative estimate of drug-likeness (QED) is 0.801. The SMILES string of the molecule is CC(C)CC(C)Nc1cc(Cl)ccc1Cl. The number of nitrogens with one attached hydrogen (secondary N) is 1. The average Bonchev–Trinajstić information content (AvgIpc) is 2.10. The van der Waals surface area contributed by atoms with Gasteiger partial charge in [-0.15, -0.1) is 0 Å². The summed E-state index contributed by atoms with van der Waals surface area (Å²) in [6, 6.07) is 5.87. The van der Waals surface area contributed by atoms with Crippen LogP contribution in [0.4, 0.5) is 5.69 Å². The van der Waals surface area contributed by atoms with Crippen molar-refractivity contribution in [3.8, 4) is 0 Å². The Morgan fingerprint density at radius 3 is 2.47 bits per heavy atom. The minimum absolute atomic E-state index is 0.404. The molecule has 0 spiro atoms. The van der Waals surface area contributed by atoms with Gasteiger partial charge >= 0.3 is 0 Å². The molecule has 0 saturated carbocycles. The van der Waals surface area contributed by atoms with E-state index in [2.05, 4.69) is 26.1 Å². The average molecular weight is 246 g/mol. The van der Waals surface area contributed by atoms with E-state index in [4.69, 9.17) is 23.2 Å². The summed E-state index contributed by atoms with van der Waals surface area (Å²) in [5.41, 5.74) is 0.914. The fourth-order valence-electron chi connectivity index (χ4n) is 1.64. The minimum atomic E-state index is 0.404. The Morgan fingerprint density at radius 1 is 1.20 bits per heavy atom. The molecule has 0 amide bonds. The molecule has 1 atom stereocenters. The molecular formula is C12H17Cl2N. The maximum absolute atomic E-state index is 6.06.